The van der Waals surface area contributed by atoms with Crippen molar-refractivity contribution < 1.29 is 18.3 Å². The molecule has 2 N–H and O–H groups in total. The minimum Gasteiger partial charge on any atom is -0.480 e. The minimum absolute atomic E-state index is 0.00717. The number of carbonyl (C=O) groups is 1. The Morgan fingerprint density at radius 1 is 1.45 bits per heavy atom. The van der Waals surface area contributed by atoms with Crippen molar-refractivity contribution in [3.8, 4) is 0 Å². The van der Waals surface area contributed by atoms with Gasteiger partial charge in [-0.25, -0.2) is 8.42 Å². The molecule has 1 aromatic carbocycles. The fourth-order valence-electron chi connectivity index (χ4n) is 1.76. The molecule has 20 heavy (non-hydrogen) atoms. The zero-order valence-corrected chi connectivity index (χ0v) is 13.0. The number of carboxylic acids is 1. The molecule has 0 aromatic heterocycles. The minimum atomic E-state index is -3.90. The first-order valence-electron chi connectivity index (χ1n) is 6.29. The SMILES string of the molecule is CCCC[C@H](NS(=O)(=O)c1cc(Cl)ccc1C)C(=O)O. The maximum Gasteiger partial charge on any atom is 0.321 e. The molecular formula is C13H18ClNO4S. The van der Waals surface area contributed by atoms with Gasteiger partial charge in [-0.3, -0.25) is 4.79 Å². The lowest BCUT2D eigenvalue weighted by molar-refractivity contribution is -0.139. The zero-order chi connectivity index (χ0) is 15.3. The quantitative estimate of drug-likeness (QED) is 0.809. The molecule has 0 fully saturated rings. The van der Waals surface area contributed by atoms with Crippen LogP contribution in [0.4, 0.5) is 0 Å². The highest BCUT2D eigenvalue weighted by Crippen LogP contribution is 2.20. The van der Waals surface area contributed by atoms with Gasteiger partial charge in [-0.15, -0.1) is 0 Å². The number of rotatable bonds is 7. The average molecular weight is 320 g/mol. The van der Waals surface area contributed by atoms with Gasteiger partial charge in [0, 0.05) is 5.02 Å². The van der Waals surface area contributed by atoms with E-state index in [1.807, 2.05) is 6.92 Å². The zero-order valence-electron chi connectivity index (χ0n) is 11.4. The molecule has 1 rings (SSSR count). The molecule has 1 aromatic rings. The Balaban J connectivity index is 3.03. The van der Waals surface area contributed by atoms with E-state index >= 15 is 0 Å². The number of unbranched alkanes of at least 4 members (excludes halogenated alkanes) is 1. The smallest absolute Gasteiger partial charge is 0.321 e. The highest BCUT2D eigenvalue weighted by molar-refractivity contribution is 7.89. The van der Waals surface area contributed by atoms with Crippen LogP contribution < -0.4 is 4.72 Å². The van der Waals surface area contributed by atoms with E-state index in [4.69, 9.17) is 16.7 Å². The van der Waals surface area contributed by atoms with Crippen LogP contribution in [0.25, 0.3) is 0 Å². The van der Waals surface area contributed by atoms with Gasteiger partial charge >= 0.3 is 5.97 Å². The average Bonchev–Trinajstić information content (AvgIpc) is 2.36. The van der Waals surface area contributed by atoms with Crippen molar-refractivity contribution in [2.45, 2.75) is 44.0 Å². The summed E-state index contributed by atoms with van der Waals surface area (Å²) in [5.74, 6) is -1.18. The predicted octanol–water partition coefficient (Wildman–Crippen LogP) is 2.57. The van der Waals surface area contributed by atoms with Crippen LogP contribution in [-0.4, -0.2) is 25.5 Å². The molecule has 0 amide bonds. The number of benzene rings is 1. The Bertz CT molecular complexity index is 586. The monoisotopic (exact) mass is 319 g/mol. The number of hydrogen-bond donors (Lipinski definition) is 2. The summed E-state index contributed by atoms with van der Waals surface area (Å²) < 4.78 is 26.7. The largest absolute Gasteiger partial charge is 0.480 e. The summed E-state index contributed by atoms with van der Waals surface area (Å²) in [6.45, 7) is 3.54. The number of carboxylic acid groups (broad SMARTS) is 1. The number of aryl methyl sites for hydroxylation is 1. The summed E-state index contributed by atoms with van der Waals surface area (Å²) in [5, 5.41) is 9.37. The molecule has 0 bridgehead atoms. The van der Waals surface area contributed by atoms with E-state index in [1.54, 1.807) is 19.1 Å². The number of nitrogens with one attached hydrogen (secondary N) is 1. The van der Waals surface area contributed by atoms with Crippen LogP contribution in [0.5, 0.6) is 0 Å². The first-order valence-corrected chi connectivity index (χ1v) is 8.15. The molecule has 7 heteroatoms. The molecule has 0 aliphatic heterocycles. The molecule has 0 saturated carbocycles. The Morgan fingerprint density at radius 2 is 2.10 bits per heavy atom. The molecule has 0 radical (unpaired) electrons. The molecule has 0 saturated heterocycles. The second-order valence-electron chi connectivity index (χ2n) is 4.56. The van der Waals surface area contributed by atoms with Gasteiger partial charge in [0.2, 0.25) is 10.0 Å². The third kappa shape index (κ3) is 4.47. The number of hydrogen-bond acceptors (Lipinski definition) is 3. The Hall–Kier alpha value is -1.11. The lowest BCUT2D eigenvalue weighted by Crippen LogP contribution is -2.40. The van der Waals surface area contributed by atoms with E-state index in [0.717, 1.165) is 6.42 Å². The van der Waals surface area contributed by atoms with Crippen molar-refractivity contribution in [2.75, 3.05) is 0 Å². The third-order valence-corrected chi connectivity index (χ3v) is 4.73. The fourth-order valence-corrected chi connectivity index (χ4v) is 3.49. The highest BCUT2D eigenvalue weighted by atomic mass is 35.5. The summed E-state index contributed by atoms with van der Waals surface area (Å²) in [4.78, 5) is 11.1. The van der Waals surface area contributed by atoms with Crippen molar-refractivity contribution in [1.82, 2.24) is 4.72 Å². The van der Waals surface area contributed by atoms with Crippen LogP contribution in [0, 0.1) is 6.92 Å². The van der Waals surface area contributed by atoms with Crippen LogP contribution in [0.15, 0.2) is 23.1 Å². The van der Waals surface area contributed by atoms with Crippen molar-refractivity contribution in [3.05, 3.63) is 28.8 Å². The Morgan fingerprint density at radius 3 is 2.65 bits per heavy atom. The third-order valence-electron chi connectivity index (χ3n) is 2.88. The van der Waals surface area contributed by atoms with Gasteiger partial charge in [0.25, 0.3) is 0 Å². The molecule has 0 aliphatic rings. The summed E-state index contributed by atoms with van der Waals surface area (Å²) in [7, 11) is -3.90. The van der Waals surface area contributed by atoms with E-state index in [1.165, 1.54) is 6.07 Å². The maximum absolute atomic E-state index is 12.3. The van der Waals surface area contributed by atoms with Crippen LogP contribution in [0.1, 0.15) is 31.7 Å². The molecular weight excluding hydrogens is 302 g/mol. The van der Waals surface area contributed by atoms with Crippen LogP contribution in [0.3, 0.4) is 0 Å². The van der Waals surface area contributed by atoms with Gasteiger partial charge in [-0.2, -0.15) is 4.72 Å². The van der Waals surface area contributed by atoms with E-state index < -0.39 is 22.0 Å². The fraction of sp³-hybridized carbons (Fsp3) is 0.462. The first-order chi connectivity index (χ1) is 9.27. The van der Waals surface area contributed by atoms with Gasteiger partial charge in [0.15, 0.2) is 0 Å². The predicted molar refractivity (Wildman–Crippen MR) is 77.5 cm³/mol. The van der Waals surface area contributed by atoms with Gasteiger partial charge in [0.05, 0.1) is 4.90 Å². The second-order valence-corrected chi connectivity index (χ2v) is 6.68. The first kappa shape index (κ1) is 16.9. The number of aliphatic carboxylic acids is 1. The van der Waals surface area contributed by atoms with E-state index in [0.29, 0.717) is 12.0 Å². The molecule has 0 heterocycles. The van der Waals surface area contributed by atoms with Crippen molar-refractivity contribution in [1.29, 1.82) is 0 Å². The van der Waals surface area contributed by atoms with Crippen LogP contribution >= 0.6 is 11.6 Å². The van der Waals surface area contributed by atoms with E-state index in [9.17, 15) is 13.2 Å². The molecule has 112 valence electrons. The summed E-state index contributed by atoms with van der Waals surface area (Å²) >= 11 is 5.80. The van der Waals surface area contributed by atoms with Crippen molar-refractivity contribution in [3.63, 3.8) is 0 Å². The lowest BCUT2D eigenvalue weighted by Gasteiger charge is -2.15. The molecule has 0 aliphatic carbocycles. The Kier molecular flexibility index (Phi) is 5.98. The number of halogens is 1. The second kappa shape index (κ2) is 7.06. The van der Waals surface area contributed by atoms with Gasteiger partial charge in [0.1, 0.15) is 6.04 Å². The topological polar surface area (TPSA) is 83.5 Å². The van der Waals surface area contributed by atoms with Crippen molar-refractivity contribution >= 4 is 27.6 Å². The van der Waals surface area contributed by atoms with Crippen molar-refractivity contribution in [2.24, 2.45) is 0 Å². The van der Waals surface area contributed by atoms with E-state index in [2.05, 4.69) is 4.72 Å². The Labute approximate surface area is 124 Å². The molecule has 0 unspecified atom stereocenters. The summed E-state index contributed by atoms with van der Waals surface area (Å²) in [5.41, 5.74) is 0.515. The molecule has 0 spiro atoms. The molecule has 1 atom stereocenters. The highest BCUT2D eigenvalue weighted by Gasteiger charge is 2.26. The molecule has 5 nitrogen and oxygen atoms in total. The van der Waals surface area contributed by atoms with Gasteiger partial charge in [-0.05, 0) is 31.0 Å². The van der Waals surface area contributed by atoms with Gasteiger partial charge in [-0.1, -0.05) is 37.4 Å². The normalized spacial score (nSPS) is 13.2. The summed E-state index contributed by atoms with van der Waals surface area (Å²) in [6.07, 6.45) is 1.68. The van der Waals surface area contributed by atoms with E-state index in [-0.39, 0.29) is 16.3 Å². The standard InChI is InChI=1S/C13H18ClNO4S/c1-3-4-5-11(13(16)17)15-20(18,19)12-8-10(14)7-6-9(12)2/h6-8,11,15H,3-5H2,1-2H3,(H,16,17)/t11-/m0/s1. The number of sulfonamides is 1. The lowest BCUT2D eigenvalue weighted by atomic mass is 10.1. The maximum atomic E-state index is 12.3. The van der Waals surface area contributed by atoms with Crippen LogP contribution in [0.2, 0.25) is 5.02 Å². The van der Waals surface area contributed by atoms with Gasteiger partial charge < -0.3 is 5.11 Å². The van der Waals surface area contributed by atoms with Crippen LogP contribution in [-0.2, 0) is 14.8 Å². The summed E-state index contributed by atoms with van der Waals surface area (Å²) in [6, 6.07) is 3.36.